The fraction of sp³-hybridized carbons (Fsp3) is 0.333. The number of nitrogens with zero attached hydrogens (tertiary/aromatic N) is 1. The lowest BCUT2D eigenvalue weighted by Gasteiger charge is -2.06. The van der Waals surface area contributed by atoms with E-state index < -0.39 is 0 Å². The third kappa shape index (κ3) is 5.51. The number of hydrogen-bond donors (Lipinski definition) is 2. The minimum Gasteiger partial charge on any atom is -0.338 e. The van der Waals surface area contributed by atoms with Gasteiger partial charge in [-0.25, -0.2) is 14.2 Å². The van der Waals surface area contributed by atoms with Crippen LogP contribution in [-0.2, 0) is 13.0 Å². The summed E-state index contributed by atoms with van der Waals surface area (Å²) in [5.41, 5.74) is 0.942. The molecule has 1 aromatic carbocycles. The van der Waals surface area contributed by atoms with E-state index in [1.807, 2.05) is 13.0 Å². The molecular formula is C15H18FN3OS. The van der Waals surface area contributed by atoms with Gasteiger partial charge in [-0.05, 0) is 37.5 Å². The molecule has 112 valence electrons. The molecule has 0 aliphatic heterocycles. The highest BCUT2D eigenvalue weighted by molar-refractivity contribution is 7.11. The molecule has 21 heavy (non-hydrogen) atoms. The quantitative estimate of drug-likeness (QED) is 0.806. The molecule has 1 heterocycles. The number of urea groups is 1. The van der Waals surface area contributed by atoms with E-state index in [4.69, 9.17) is 0 Å². The topological polar surface area (TPSA) is 54.0 Å². The molecule has 0 radical (unpaired) electrons. The number of aromatic nitrogens is 1. The molecule has 1 aromatic heterocycles. The largest absolute Gasteiger partial charge is 0.338 e. The number of thiazole rings is 1. The van der Waals surface area contributed by atoms with E-state index in [2.05, 4.69) is 15.6 Å². The van der Waals surface area contributed by atoms with Crippen LogP contribution in [0.1, 0.15) is 21.9 Å². The van der Waals surface area contributed by atoms with E-state index in [9.17, 15) is 9.18 Å². The Kier molecular flexibility index (Phi) is 5.68. The van der Waals surface area contributed by atoms with Gasteiger partial charge in [-0.15, -0.1) is 11.3 Å². The van der Waals surface area contributed by atoms with Gasteiger partial charge in [-0.3, -0.25) is 0 Å². The second-order valence-electron chi connectivity index (χ2n) is 4.69. The van der Waals surface area contributed by atoms with Crippen LogP contribution in [0.4, 0.5) is 9.18 Å². The van der Waals surface area contributed by atoms with Crippen LogP contribution in [0.25, 0.3) is 0 Å². The van der Waals surface area contributed by atoms with Crippen molar-refractivity contribution in [1.82, 2.24) is 15.6 Å². The van der Waals surface area contributed by atoms with E-state index in [0.717, 1.165) is 28.3 Å². The summed E-state index contributed by atoms with van der Waals surface area (Å²) in [5, 5.41) is 6.55. The van der Waals surface area contributed by atoms with E-state index >= 15 is 0 Å². The normalized spacial score (nSPS) is 10.4. The monoisotopic (exact) mass is 307 g/mol. The number of halogens is 1. The van der Waals surface area contributed by atoms with Crippen LogP contribution < -0.4 is 10.6 Å². The molecular weight excluding hydrogens is 289 g/mol. The Hall–Kier alpha value is -1.95. The standard InChI is InChI=1S/C15H18FN3OS/c1-11-18-9-14(21-11)10-19-15(20)17-7-3-5-12-4-2-6-13(16)8-12/h2,4,6,8-9H,3,5,7,10H2,1H3,(H2,17,19,20). The van der Waals surface area contributed by atoms with Crippen LogP contribution in [-0.4, -0.2) is 17.6 Å². The Balaban J connectivity index is 1.61. The molecule has 2 amide bonds. The van der Waals surface area contributed by atoms with Crippen molar-refractivity contribution in [3.8, 4) is 0 Å². The molecule has 0 fully saturated rings. The number of carbonyl (C=O) groups is 1. The van der Waals surface area contributed by atoms with Crippen LogP contribution in [0.5, 0.6) is 0 Å². The van der Waals surface area contributed by atoms with E-state index in [1.54, 1.807) is 23.6 Å². The SMILES string of the molecule is Cc1ncc(CNC(=O)NCCCc2cccc(F)c2)s1. The number of benzene rings is 1. The minimum absolute atomic E-state index is 0.194. The number of nitrogens with one attached hydrogen (secondary N) is 2. The van der Waals surface area contributed by atoms with Gasteiger partial charge in [0.05, 0.1) is 11.6 Å². The molecule has 2 aromatic rings. The molecule has 0 saturated carbocycles. The first kappa shape index (κ1) is 15.4. The summed E-state index contributed by atoms with van der Waals surface area (Å²) in [6.45, 7) is 2.98. The summed E-state index contributed by atoms with van der Waals surface area (Å²) < 4.78 is 13.0. The van der Waals surface area contributed by atoms with Crippen LogP contribution in [0.3, 0.4) is 0 Å². The lowest BCUT2D eigenvalue weighted by molar-refractivity contribution is 0.240. The second-order valence-corrected chi connectivity index (χ2v) is 6.01. The Morgan fingerprint density at radius 1 is 1.38 bits per heavy atom. The maximum absolute atomic E-state index is 13.0. The Labute approximate surface area is 127 Å². The lowest BCUT2D eigenvalue weighted by atomic mass is 10.1. The van der Waals surface area contributed by atoms with E-state index in [0.29, 0.717) is 13.1 Å². The van der Waals surface area contributed by atoms with Crippen molar-refractivity contribution in [2.75, 3.05) is 6.54 Å². The van der Waals surface area contributed by atoms with Crippen molar-refractivity contribution in [3.05, 3.63) is 51.7 Å². The van der Waals surface area contributed by atoms with Crippen molar-refractivity contribution < 1.29 is 9.18 Å². The molecule has 4 nitrogen and oxygen atoms in total. The van der Waals surface area contributed by atoms with Crippen molar-refractivity contribution in [2.45, 2.75) is 26.3 Å². The third-order valence-corrected chi connectivity index (χ3v) is 3.82. The first-order valence-electron chi connectivity index (χ1n) is 6.81. The third-order valence-electron chi connectivity index (χ3n) is 2.91. The van der Waals surface area contributed by atoms with Gasteiger partial charge in [0, 0.05) is 17.6 Å². The van der Waals surface area contributed by atoms with Crippen molar-refractivity contribution in [1.29, 1.82) is 0 Å². The molecule has 0 aliphatic rings. The summed E-state index contributed by atoms with van der Waals surface area (Å²) in [7, 11) is 0. The molecule has 2 rings (SSSR count). The first-order valence-corrected chi connectivity index (χ1v) is 7.62. The molecule has 6 heteroatoms. The average Bonchev–Trinajstić information content (AvgIpc) is 2.87. The highest BCUT2D eigenvalue weighted by Crippen LogP contribution is 2.10. The van der Waals surface area contributed by atoms with Crippen molar-refractivity contribution in [3.63, 3.8) is 0 Å². The molecule has 0 saturated heterocycles. The van der Waals surface area contributed by atoms with Crippen LogP contribution >= 0.6 is 11.3 Å². The zero-order valence-electron chi connectivity index (χ0n) is 11.9. The van der Waals surface area contributed by atoms with Gasteiger partial charge in [0.2, 0.25) is 0 Å². The molecule has 0 spiro atoms. The summed E-state index contributed by atoms with van der Waals surface area (Å²) in [4.78, 5) is 16.7. The predicted molar refractivity (Wildman–Crippen MR) is 81.8 cm³/mol. The summed E-state index contributed by atoms with van der Waals surface area (Å²) in [6.07, 6.45) is 3.28. The molecule has 0 unspecified atom stereocenters. The lowest BCUT2D eigenvalue weighted by Crippen LogP contribution is -2.35. The van der Waals surface area contributed by atoms with E-state index in [-0.39, 0.29) is 11.8 Å². The Morgan fingerprint density at radius 2 is 2.24 bits per heavy atom. The van der Waals surface area contributed by atoms with Gasteiger partial charge in [-0.1, -0.05) is 12.1 Å². The number of rotatable bonds is 6. The van der Waals surface area contributed by atoms with Gasteiger partial charge in [0.15, 0.2) is 0 Å². The second kappa shape index (κ2) is 7.73. The van der Waals surface area contributed by atoms with Crippen LogP contribution in [0.15, 0.2) is 30.5 Å². The molecule has 0 atom stereocenters. The minimum atomic E-state index is -0.224. The maximum Gasteiger partial charge on any atom is 0.315 e. The van der Waals surface area contributed by atoms with Gasteiger partial charge < -0.3 is 10.6 Å². The fourth-order valence-electron chi connectivity index (χ4n) is 1.90. The van der Waals surface area contributed by atoms with Crippen LogP contribution in [0.2, 0.25) is 0 Å². The highest BCUT2D eigenvalue weighted by Gasteiger charge is 2.02. The predicted octanol–water partition coefficient (Wildman–Crippen LogP) is 3.02. The number of hydrogen-bond acceptors (Lipinski definition) is 3. The van der Waals surface area contributed by atoms with Gasteiger partial charge in [0.25, 0.3) is 0 Å². The molecule has 0 bridgehead atoms. The van der Waals surface area contributed by atoms with Crippen molar-refractivity contribution >= 4 is 17.4 Å². The number of carbonyl (C=O) groups excluding carboxylic acids is 1. The van der Waals surface area contributed by atoms with E-state index in [1.165, 1.54) is 12.1 Å². The first-order chi connectivity index (χ1) is 10.1. The zero-order chi connectivity index (χ0) is 15.1. The average molecular weight is 307 g/mol. The Morgan fingerprint density at radius 3 is 2.95 bits per heavy atom. The summed E-state index contributed by atoms with van der Waals surface area (Å²) in [6, 6.07) is 6.33. The number of amides is 2. The van der Waals surface area contributed by atoms with Crippen LogP contribution in [0, 0.1) is 12.7 Å². The summed E-state index contributed by atoms with van der Waals surface area (Å²) >= 11 is 1.57. The number of aryl methyl sites for hydroxylation is 2. The Bertz CT molecular complexity index is 600. The smallest absolute Gasteiger partial charge is 0.315 e. The fourth-order valence-corrected chi connectivity index (χ4v) is 2.64. The highest BCUT2D eigenvalue weighted by atomic mass is 32.1. The molecule has 0 aliphatic carbocycles. The van der Waals surface area contributed by atoms with Gasteiger partial charge >= 0.3 is 6.03 Å². The zero-order valence-corrected chi connectivity index (χ0v) is 12.7. The summed E-state index contributed by atoms with van der Waals surface area (Å²) in [5.74, 6) is -0.224. The van der Waals surface area contributed by atoms with Gasteiger partial charge in [-0.2, -0.15) is 0 Å². The van der Waals surface area contributed by atoms with Crippen molar-refractivity contribution in [2.24, 2.45) is 0 Å². The maximum atomic E-state index is 13.0. The van der Waals surface area contributed by atoms with Gasteiger partial charge in [0.1, 0.15) is 5.82 Å². The molecule has 2 N–H and O–H groups in total.